The first kappa shape index (κ1) is 25.7. The summed E-state index contributed by atoms with van der Waals surface area (Å²) in [4.78, 5) is 43.0. The Kier molecular flexibility index (Phi) is 8.07. The van der Waals surface area contributed by atoms with E-state index in [0.717, 1.165) is 5.69 Å². The smallest absolute Gasteiger partial charge is 0.322 e. The fourth-order valence-corrected chi connectivity index (χ4v) is 4.07. The van der Waals surface area contributed by atoms with Gasteiger partial charge in [0.05, 0.1) is 12.0 Å². The summed E-state index contributed by atoms with van der Waals surface area (Å²) in [5.74, 6) is -0.929. The van der Waals surface area contributed by atoms with Crippen LogP contribution in [0.15, 0.2) is 71.3 Å². The van der Waals surface area contributed by atoms with Crippen molar-refractivity contribution in [1.29, 1.82) is 0 Å². The lowest BCUT2D eigenvalue weighted by Gasteiger charge is -2.36. The van der Waals surface area contributed by atoms with Crippen molar-refractivity contribution >= 4 is 34.9 Å². The highest BCUT2D eigenvalue weighted by atomic mass is 19.1. The Balaban J connectivity index is 1.27. The number of hydrogen-bond acceptors (Lipinski definition) is 5. The molecule has 2 N–H and O–H groups in total. The molecule has 1 aliphatic heterocycles. The number of rotatable bonds is 7. The first-order valence-corrected chi connectivity index (χ1v) is 12.1. The average molecular weight is 508 g/mol. The minimum absolute atomic E-state index is 0.101. The number of halogens is 1. The monoisotopic (exact) mass is 507 g/mol. The Bertz CT molecular complexity index is 1220. The first-order valence-electron chi connectivity index (χ1n) is 12.1. The number of carbonyl (C=O) groups is 3. The van der Waals surface area contributed by atoms with Crippen molar-refractivity contribution in [2.24, 2.45) is 0 Å². The van der Waals surface area contributed by atoms with Crippen LogP contribution in [-0.4, -0.2) is 66.4 Å². The molecule has 1 fully saturated rings. The zero-order chi connectivity index (χ0) is 26.4. The van der Waals surface area contributed by atoms with Crippen molar-refractivity contribution in [2.75, 3.05) is 48.3 Å². The zero-order valence-electron chi connectivity index (χ0n) is 20.8. The lowest BCUT2D eigenvalue weighted by Crippen LogP contribution is -2.50. The average Bonchev–Trinajstić information content (AvgIpc) is 3.44. The maximum atomic E-state index is 13.8. The van der Waals surface area contributed by atoms with Crippen molar-refractivity contribution in [3.63, 3.8) is 0 Å². The van der Waals surface area contributed by atoms with Crippen LogP contribution in [0.4, 0.5) is 26.2 Å². The van der Waals surface area contributed by atoms with E-state index >= 15 is 0 Å². The molecule has 1 aliphatic rings. The van der Waals surface area contributed by atoms with Gasteiger partial charge in [-0.3, -0.25) is 9.59 Å². The third kappa shape index (κ3) is 6.46. The Morgan fingerprint density at radius 2 is 1.65 bits per heavy atom. The number of piperazine rings is 1. The molecule has 4 amide bonds. The Morgan fingerprint density at radius 3 is 2.27 bits per heavy atom. The largest absolute Gasteiger partial charge is 0.459 e. The summed E-state index contributed by atoms with van der Waals surface area (Å²) in [7, 11) is 0. The molecule has 10 heteroatoms. The highest BCUT2D eigenvalue weighted by Crippen LogP contribution is 2.21. The molecule has 0 radical (unpaired) electrons. The van der Waals surface area contributed by atoms with Crippen LogP contribution in [-0.2, 0) is 4.79 Å². The van der Waals surface area contributed by atoms with Crippen molar-refractivity contribution in [1.82, 2.24) is 9.80 Å². The molecule has 4 rings (SSSR count). The summed E-state index contributed by atoms with van der Waals surface area (Å²) in [6.07, 6.45) is 1.42. The van der Waals surface area contributed by atoms with Crippen molar-refractivity contribution in [3.05, 3.63) is 78.5 Å². The number of furan rings is 1. The predicted molar refractivity (Wildman–Crippen MR) is 139 cm³/mol. The second-order valence-corrected chi connectivity index (χ2v) is 8.98. The fraction of sp³-hybridized carbons (Fsp3) is 0.296. The van der Waals surface area contributed by atoms with Gasteiger partial charge in [-0.2, -0.15) is 0 Å². The van der Waals surface area contributed by atoms with Crippen LogP contribution in [0.1, 0.15) is 24.4 Å². The maximum Gasteiger partial charge on any atom is 0.322 e. The summed E-state index contributed by atoms with van der Waals surface area (Å²) in [5.41, 5.74) is 1.74. The maximum absolute atomic E-state index is 13.8. The minimum Gasteiger partial charge on any atom is -0.459 e. The van der Waals surface area contributed by atoms with Crippen LogP contribution in [0.25, 0.3) is 0 Å². The third-order valence-corrected chi connectivity index (χ3v) is 6.13. The van der Waals surface area contributed by atoms with Gasteiger partial charge in [0.15, 0.2) is 5.76 Å². The topological polar surface area (TPSA) is 98.1 Å². The Labute approximate surface area is 214 Å². The number of amides is 4. The second kappa shape index (κ2) is 11.6. The second-order valence-electron chi connectivity index (χ2n) is 8.98. The van der Waals surface area contributed by atoms with Gasteiger partial charge in [0.2, 0.25) is 5.91 Å². The van der Waals surface area contributed by atoms with Gasteiger partial charge in [-0.05, 0) is 62.4 Å². The highest BCUT2D eigenvalue weighted by molar-refractivity contribution is 5.98. The lowest BCUT2D eigenvalue weighted by atomic mass is 10.2. The number of benzene rings is 2. The number of para-hydroxylation sites is 1. The highest BCUT2D eigenvalue weighted by Gasteiger charge is 2.24. The molecule has 0 saturated carbocycles. The Morgan fingerprint density at radius 1 is 0.946 bits per heavy atom. The summed E-state index contributed by atoms with van der Waals surface area (Å²) < 4.78 is 19.0. The van der Waals surface area contributed by atoms with Crippen LogP contribution in [0.5, 0.6) is 0 Å². The van der Waals surface area contributed by atoms with Gasteiger partial charge in [-0.15, -0.1) is 0 Å². The van der Waals surface area contributed by atoms with E-state index in [0.29, 0.717) is 31.9 Å². The minimum atomic E-state index is -0.470. The number of nitrogens with zero attached hydrogens (tertiary/aromatic N) is 3. The molecule has 3 aromatic rings. The standard InChI is InChI=1S/C27H30FN5O4/c1-19(2)33(26(35)24-8-5-17-37-24)18-25(34)29-20-9-11-21(12-10-20)31-13-15-32(16-14-31)27(36)30-23-7-4-3-6-22(23)28/h3-12,17,19H,13-16,18H2,1-2H3,(H,29,34)(H,30,36). The molecule has 0 unspecified atom stereocenters. The first-order chi connectivity index (χ1) is 17.8. The summed E-state index contributed by atoms with van der Waals surface area (Å²) in [6.45, 7) is 5.80. The molecule has 1 aromatic heterocycles. The summed E-state index contributed by atoms with van der Waals surface area (Å²) >= 11 is 0. The van der Waals surface area contributed by atoms with Gasteiger partial charge in [0.1, 0.15) is 12.4 Å². The number of nitrogens with one attached hydrogen (secondary N) is 2. The molecule has 1 saturated heterocycles. The molecule has 9 nitrogen and oxygen atoms in total. The Hall–Kier alpha value is -4.34. The van der Waals surface area contributed by atoms with Crippen LogP contribution >= 0.6 is 0 Å². The zero-order valence-corrected chi connectivity index (χ0v) is 20.8. The SMILES string of the molecule is CC(C)N(CC(=O)Nc1ccc(N2CCN(C(=O)Nc3ccccc3F)CC2)cc1)C(=O)c1ccco1. The van der Waals surface area contributed by atoms with E-state index in [-0.39, 0.29) is 41.9 Å². The van der Waals surface area contributed by atoms with Crippen LogP contribution in [0.2, 0.25) is 0 Å². The fourth-order valence-electron chi connectivity index (χ4n) is 4.07. The van der Waals surface area contributed by atoms with Crippen LogP contribution in [0.3, 0.4) is 0 Å². The molecule has 2 aromatic carbocycles. The summed E-state index contributed by atoms with van der Waals surface area (Å²) in [5, 5.41) is 5.45. The van der Waals surface area contributed by atoms with Gasteiger partial charge in [0.25, 0.3) is 5.91 Å². The number of hydrogen-bond donors (Lipinski definition) is 2. The van der Waals surface area contributed by atoms with Gasteiger partial charge in [-0.25, -0.2) is 9.18 Å². The quantitative estimate of drug-likeness (QED) is 0.498. The molecule has 0 atom stereocenters. The van der Waals surface area contributed by atoms with E-state index in [2.05, 4.69) is 15.5 Å². The van der Waals surface area contributed by atoms with Gasteiger partial charge >= 0.3 is 6.03 Å². The molecule has 0 spiro atoms. The van der Waals surface area contributed by atoms with E-state index < -0.39 is 5.82 Å². The molecule has 0 bridgehead atoms. The van der Waals surface area contributed by atoms with E-state index in [1.807, 2.05) is 26.0 Å². The number of carbonyl (C=O) groups excluding carboxylic acids is 3. The van der Waals surface area contributed by atoms with Crippen molar-refractivity contribution in [2.45, 2.75) is 19.9 Å². The molecule has 37 heavy (non-hydrogen) atoms. The van der Waals surface area contributed by atoms with E-state index in [9.17, 15) is 18.8 Å². The van der Waals surface area contributed by atoms with Crippen molar-refractivity contribution in [3.8, 4) is 0 Å². The molecular formula is C27H30FN5O4. The van der Waals surface area contributed by atoms with Crippen molar-refractivity contribution < 1.29 is 23.2 Å². The van der Waals surface area contributed by atoms with Gasteiger partial charge < -0.3 is 29.8 Å². The summed E-state index contributed by atoms with van der Waals surface area (Å²) in [6, 6.07) is 16.2. The van der Waals surface area contributed by atoms with Gasteiger partial charge in [0, 0.05) is 43.6 Å². The predicted octanol–water partition coefficient (Wildman–Crippen LogP) is 4.26. The number of anilines is 3. The van der Waals surface area contributed by atoms with E-state index in [1.165, 1.54) is 23.3 Å². The van der Waals surface area contributed by atoms with E-state index in [1.54, 1.807) is 41.3 Å². The normalized spacial score (nSPS) is 13.4. The van der Waals surface area contributed by atoms with Crippen LogP contribution < -0.4 is 15.5 Å². The molecule has 194 valence electrons. The van der Waals surface area contributed by atoms with Crippen LogP contribution in [0, 0.1) is 5.82 Å². The van der Waals surface area contributed by atoms with Gasteiger partial charge in [-0.1, -0.05) is 12.1 Å². The molecular weight excluding hydrogens is 477 g/mol. The third-order valence-electron chi connectivity index (χ3n) is 6.13. The lowest BCUT2D eigenvalue weighted by molar-refractivity contribution is -0.117. The number of urea groups is 1. The molecule has 2 heterocycles. The van der Waals surface area contributed by atoms with E-state index in [4.69, 9.17) is 4.42 Å². The molecule has 0 aliphatic carbocycles.